The van der Waals surface area contributed by atoms with Crippen LogP contribution in [0.5, 0.6) is 0 Å². The van der Waals surface area contributed by atoms with Crippen LogP contribution in [0.1, 0.15) is 57.6 Å². The molecule has 2 rings (SSSR count). The number of nitrogens with two attached hydrogens (primary N) is 1. The van der Waals surface area contributed by atoms with Crippen molar-refractivity contribution in [1.82, 2.24) is 4.90 Å². The van der Waals surface area contributed by atoms with Crippen LogP contribution >= 0.6 is 0 Å². The van der Waals surface area contributed by atoms with Gasteiger partial charge in [0.05, 0.1) is 6.04 Å². The second-order valence-electron chi connectivity index (χ2n) is 7.23. The summed E-state index contributed by atoms with van der Waals surface area (Å²) in [7, 11) is 0. The monoisotopic (exact) mass is 278 g/mol. The van der Waals surface area contributed by atoms with E-state index in [2.05, 4.69) is 31.7 Å². The van der Waals surface area contributed by atoms with Gasteiger partial charge in [-0.05, 0) is 62.7 Å². The van der Waals surface area contributed by atoms with E-state index in [1.807, 2.05) is 13.0 Å². The van der Waals surface area contributed by atoms with Gasteiger partial charge in [0.2, 0.25) is 0 Å². The van der Waals surface area contributed by atoms with Crippen molar-refractivity contribution in [3.8, 4) is 0 Å². The molecule has 3 heteroatoms. The summed E-state index contributed by atoms with van der Waals surface area (Å²) in [4.78, 5) is 2.52. The Labute approximate surface area is 123 Å². The van der Waals surface area contributed by atoms with Crippen LogP contribution in [0.4, 0.5) is 0 Å². The van der Waals surface area contributed by atoms with E-state index in [9.17, 15) is 0 Å². The molecule has 0 aliphatic carbocycles. The fourth-order valence-corrected chi connectivity index (χ4v) is 3.37. The zero-order valence-electron chi connectivity index (χ0n) is 13.5. The van der Waals surface area contributed by atoms with E-state index >= 15 is 0 Å². The molecule has 1 aromatic heterocycles. The third kappa shape index (κ3) is 3.64. The van der Waals surface area contributed by atoms with Gasteiger partial charge in [-0.2, -0.15) is 0 Å². The number of hydrogen-bond acceptors (Lipinski definition) is 3. The molecular formula is C17H30N2O. The molecular weight excluding hydrogens is 248 g/mol. The lowest BCUT2D eigenvalue weighted by Gasteiger charge is -2.31. The van der Waals surface area contributed by atoms with Crippen LogP contribution in [0.3, 0.4) is 0 Å². The first kappa shape index (κ1) is 15.6. The minimum atomic E-state index is 0.238. The minimum absolute atomic E-state index is 0.238. The molecule has 20 heavy (non-hydrogen) atoms. The van der Waals surface area contributed by atoms with Crippen molar-refractivity contribution in [2.24, 2.45) is 17.1 Å². The highest BCUT2D eigenvalue weighted by atomic mass is 16.3. The van der Waals surface area contributed by atoms with E-state index in [1.165, 1.54) is 19.3 Å². The number of aryl methyl sites for hydroxylation is 1. The predicted octanol–water partition coefficient (Wildman–Crippen LogP) is 3.74. The lowest BCUT2D eigenvalue weighted by molar-refractivity contribution is 0.169. The van der Waals surface area contributed by atoms with E-state index in [0.717, 1.165) is 30.5 Å². The smallest absolute Gasteiger partial charge is 0.122 e. The first-order chi connectivity index (χ1) is 9.41. The quantitative estimate of drug-likeness (QED) is 0.916. The van der Waals surface area contributed by atoms with Gasteiger partial charge in [-0.15, -0.1) is 0 Å². The predicted molar refractivity (Wildman–Crippen MR) is 83.6 cm³/mol. The van der Waals surface area contributed by atoms with Gasteiger partial charge in [0.1, 0.15) is 11.5 Å². The maximum Gasteiger partial charge on any atom is 0.122 e. The van der Waals surface area contributed by atoms with E-state index in [-0.39, 0.29) is 6.04 Å². The molecule has 1 fully saturated rings. The van der Waals surface area contributed by atoms with Gasteiger partial charge < -0.3 is 10.2 Å². The van der Waals surface area contributed by atoms with Gasteiger partial charge in [-0.1, -0.05) is 20.8 Å². The summed E-state index contributed by atoms with van der Waals surface area (Å²) in [5.41, 5.74) is 6.43. The van der Waals surface area contributed by atoms with Crippen LogP contribution in [0.15, 0.2) is 16.5 Å². The first-order valence-corrected chi connectivity index (χ1v) is 7.92. The molecule has 0 saturated carbocycles. The Kier molecular flexibility index (Phi) is 4.92. The summed E-state index contributed by atoms with van der Waals surface area (Å²) in [6, 6.07) is 4.36. The molecule has 2 atom stereocenters. The van der Waals surface area contributed by atoms with E-state index < -0.39 is 0 Å². The molecule has 0 spiro atoms. The molecule has 1 aromatic rings. The average molecular weight is 278 g/mol. The minimum Gasteiger partial charge on any atom is -0.465 e. The molecule has 0 aromatic carbocycles. The zero-order valence-corrected chi connectivity index (χ0v) is 13.5. The van der Waals surface area contributed by atoms with Crippen molar-refractivity contribution >= 4 is 0 Å². The molecule has 2 heterocycles. The van der Waals surface area contributed by atoms with E-state index in [4.69, 9.17) is 10.2 Å². The van der Waals surface area contributed by atoms with Gasteiger partial charge in [-0.25, -0.2) is 0 Å². The number of furan rings is 1. The molecule has 1 aliphatic rings. The maximum atomic E-state index is 6.01. The van der Waals surface area contributed by atoms with Crippen LogP contribution < -0.4 is 5.73 Å². The van der Waals surface area contributed by atoms with Gasteiger partial charge in [0.15, 0.2) is 0 Å². The Morgan fingerprint density at radius 2 is 2.05 bits per heavy atom. The lowest BCUT2D eigenvalue weighted by Crippen LogP contribution is -2.34. The van der Waals surface area contributed by atoms with Crippen molar-refractivity contribution in [2.75, 3.05) is 19.6 Å². The second kappa shape index (κ2) is 6.31. The Balaban J connectivity index is 2.05. The normalized spacial score (nSPS) is 23.6. The van der Waals surface area contributed by atoms with Gasteiger partial charge in [0.25, 0.3) is 0 Å². The number of nitrogens with zero attached hydrogens (tertiary/aromatic N) is 1. The Morgan fingerprint density at radius 1 is 1.30 bits per heavy atom. The largest absolute Gasteiger partial charge is 0.465 e. The fraction of sp³-hybridized carbons (Fsp3) is 0.765. The van der Waals surface area contributed by atoms with Crippen molar-refractivity contribution in [3.05, 3.63) is 23.7 Å². The van der Waals surface area contributed by atoms with Gasteiger partial charge in [0, 0.05) is 6.54 Å². The Hall–Kier alpha value is -0.800. The molecule has 0 bridgehead atoms. The topological polar surface area (TPSA) is 42.4 Å². The third-order valence-corrected chi connectivity index (χ3v) is 4.74. The maximum absolute atomic E-state index is 6.01. The molecule has 0 amide bonds. The van der Waals surface area contributed by atoms with Crippen LogP contribution in [0.2, 0.25) is 0 Å². The van der Waals surface area contributed by atoms with Crippen molar-refractivity contribution < 1.29 is 4.42 Å². The van der Waals surface area contributed by atoms with E-state index in [0.29, 0.717) is 12.0 Å². The molecule has 3 nitrogen and oxygen atoms in total. The summed E-state index contributed by atoms with van der Waals surface area (Å²) in [5, 5.41) is 0. The van der Waals surface area contributed by atoms with Crippen LogP contribution in [-0.4, -0.2) is 24.5 Å². The molecule has 1 aliphatic heterocycles. The zero-order chi connectivity index (χ0) is 14.8. The summed E-state index contributed by atoms with van der Waals surface area (Å²) in [5.74, 6) is 2.81. The van der Waals surface area contributed by atoms with Crippen LogP contribution in [-0.2, 0) is 0 Å². The lowest BCUT2D eigenvalue weighted by atomic mass is 9.77. The molecule has 1 saturated heterocycles. The fourth-order valence-electron chi connectivity index (χ4n) is 3.37. The summed E-state index contributed by atoms with van der Waals surface area (Å²) >= 11 is 0. The standard InChI is InChI=1S/C17H30N2O/c1-13-7-8-16(20-13)15(12-18)19-10-5-6-14(9-11-19)17(2,3)4/h7-8,14-15H,5-6,9-12,18H2,1-4H3. The van der Waals surface area contributed by atoms with Gasteiger partial charge in [-0.3, -0.25) is 4.90 Å². The van der Waals surface area contributed by atoms with E-state index in [1.54, 1.807) is 0 Å². The average Bonchev–Trinajstić information content (AvgIpc) is 2.64. The molecule has 114 valence electrons. The first-order valence-electron chi connectivity index (χ1n) is 7.92. The SMILES string of the molecule is Cc1ccc(C(CN)N2CCCC(C(C)(C)C)CC2)o1. The summed E-state index contributed by atoms with van der Waals surface area (Å²) in [6.45, 7) is 12.0. The van der Waals surface area contributed by atoms with Crippen LogP contribution in [0, 0.1) is 18.3 Å². The molecule has 2 unspecified atom stereocenters. The van der Waals surface area contributed by atoms with Crippen molar-refractivity contribution in [1.29, 1.82) is 0 Å². The van der Waals surface area contributed by atoms with Gasteiger partial charge >= 0.3 is 0 Å². The highest BCUT2D eigenvalue weighted by Gasteiger charge is 2.30. The van der Waals surface area contributed by atoms with Crippen molar-refractivity contribution in [3.63, 3.8) is 0 Å². The summed E-state index contributed by atoms with van der Waals surface area (Å²) < 4.78 is 5.80. The highest BCUT2D eigenvalue weighted by Crippen LogP contribution is 2.36. The van der Waals surface area contributed by atoms with Crippen molar-refractivity contribution in [2.45, 2.75) is 53.0 Å². The number of hydrogen-bond donors (Lipinski definition) is 1. The number of rotatable bonds is 3. The Bertz CT molecular complexity index is 419. The second-order valence-corrected chi connectivity index (χ2v) is 7.23. The summed E-state index contributed by atoms with van der Waals surface area (Å²) in [6.07, 6.45) is 3.85. The third-order valence-electron chi connectivity index (χ3n) is 4.74. The highest BCUT2D eigenvalue weighted by molar-refractivity contribution is 5.10. The molecule has 2 N–H and O–H groups in total. The number of likely N-dealkylation sites (tertiary alicyclic amines) is 1. The Morgan fingerprint density at radius 3 is 2.60 bits per heavy atom. The van der Waals surface area contributed by atoms with Crippen LogP contribution in [0.25, 0.3) is 0 Å². The molecule has 0 radical (unpaired) electrons.